The molecule has 2 aliphatic heterocycles. The lowest BCUT2D eigenvalue weighted by Crippen LogP contribution is -2.66. The molecule has 0 radical (unpaired) electrons. The van der Waals surface area contributed by atoms with E-state index in [0.717, 1.165) is 0 Å². The number of hydrogen-bond acceptors (Lipinski definition) is 5. The lowest BCUT2D eigenvalue weighted by atomic mass is 9.76. The quantitative estimate of drug-likeness (QED) is 0.679. The average Bonchev–Trinajstić information content (AvgIpc) is 3.14. The summed E-state index contributed by atoms with van der Waals surface area (Å²) in [5, 5.41) is 15.9. The summed E-state index contributed by atoms with van der Waals surface area (Å²) in [6.45, 7) is -0.0724. The second kappa shape index (κ2) is 7.06. The molecule has 0 aliphatic carbocycles. The van der Waals surface area contributed by atoms with E-state index < -0.39 is 35.7 Å². The maximum atomic E-state index is 13.5. The van der Waals surface area contributed by atoms with E-state index in [-0.39, 0.29) is 28.7 Å². The molecule has 2 aromatic carbocycles. The standard InChI is InChI=1S/C19H14ClF3N2O5/c20-11-4-2-10(3-5-11)18(28)14(16(26)19(21,22)23)15(24-17(27)25-18)9-1-6-12-13(7-9)30-8-29-12/h1-7,14-15,28H,8H2,(H2,24,25,27)/t14-,15+,18+/m0/s1. The van der Waals surface area contributed by atoms with E-state index in [1.54, 1.807) is 0 Å². The van der Waals surface area contributed by atoms with Crippen molar-refractivity contribution in [3.63, 3.8) is 0 Å². The van der Waals surface area contributed by atoms with Crippen molar-refractivity contribution in [2.75, 3.05) is 6.79 Å². The van der Waals surface area contributed by atoms with Gasteiger partial charge in [0.05, 0.1) is 6.04 Å². The van der Waals surface area contributed by atoms with Crippen LogP contribution in [0.25, 0.3) is 0 Å². The Balaban J connectivity index is 1.86. The molecule has 0 bridgehead atoms. The summed E-state index contributed by atoms with van der Waals surface area (Å²) in [5.74, 6) is -3.74. The van der Waals surface area contributed by atoms with Crippen LogP contribution < -0.4 is 20.1 Å². The minimum absolute atomic E-state index is 0.0724. The number of fused-ring (bicyclic) bond motifs is 1. The number of Topliss-reactive ketones (excluding diaryl/α,β-unsaturated/α-hetero) is 1. The molecular formula is C19H14ClF3N2O5. The summed E-state index contributed by atoms with van der Waals surface area (Å²) in [6, 6.07) is 6.86. The van der Waals surface area contributed by atoms with Crippen LogP contribution in [0.4, 0.5) is 18.0 Å². The number of urea groups is 1. The van der Waals surface area contributed by atoms with Crippen molar-refractivity contribution < 1.29 is 37.3 Å². The Morgan fingerprint density at radius 1 is 1.13 bits per heavy atom. The van der Waals surface area contributed by atoms with Crippen molar-refractivity contribution in [2.45, 2.75) is 17.9 Å². The third-order valence-electron chi connectivity index (χ3n) is 4.98. The molecule has 158 valence electrons. The average molecular weight is 443 g/mol. The van der Waals surface area contributed by atoms with Crippen LogP contribution in [0.5, 0.6) is 11.5 Å². The molecule has 0 spiro atoms. The van der Waals surface area contributed by atoms with Gasteiger partial charge in [-0.1, -0.05) is 29.8 Å². The molecular weight excluding hydrogens is 429 g/mol. The highest BCUT2D eigenvalue weighted by atomic mass is 35.5. The van der Waals surface area contributed by atoms with Crippen LogP contribution in [0.2, 0.25) is 5.02 Å². The van der Waals surface area contributed by atoms with Gasteiger partial charge >= 0.3 is 12.2 Å². The van der Waals surface area contributed by atoms with Gasteiger partial charge in [0.2, 0.25) is 12.6 Å². The monoisotopic (exact) mass is 442 g/mol. The Bertz CT molecular complexity index is 1010. The first kappa shape index (κ1) is 20.3. The normalized spacial score (nSPS) is 25.4. The zero-order chi connectivity index (χ0) is 21.7. The number of carbonyl (C=O) groups excluding carboxylic acids is 2. The number of benzene rings is 2. The first-order valence-corrected chi connectivity index (χ1v) is 9.05. The third-order valence-corrected chi connectivity index (χ3v) is 5.23. The lowest BCUT2D eigenvalue weighted by Gasteiger charge is -2.45. The lowest BCUT2D eigenvalue weighted by molar-refractivity contribution is -0.190. The molecule has 3 N–H and O–H groups in total. The van der Waals surface area contributed by atoms with E-state index in [2.05, 4.69) is 10.6 Å². The summed E-state index contributed by atoms with van der Waals surface area (Å²) < 4.78 is 50.9. The molecule has 2 aliphatic rings. The highest BCUT2D eigenvalue weighted by Crippen LogP contribution is 2.45. The maximum Gasteiger partial charge on any atom is 0.450 e. The van der Waals surface area contributed by atoms with E-state index >= 15 is 0 Å². The van der Waals surface area contributed by atoms with Crippen LogP contribution >= 0.6 is 11.6 Å². The molecule has 1 saturated heterocycles. The highest BCUT2D eigenvalue weighted by molar-refractivity contribution is 6.30. The fraction of sp³-hybridized carbons (Fsp3) is 0.263. The molecule has 0 saturated carbocycles. The van der Waals surface area contributed by atoms with Gasteiger partial charge in [-0.15, -0.1) is 0 Å². The topological polar surface area (TPSA) is 96.9 Å². The van der Waals surface area contributed by atoms with Crippen LogP contribution in [0.1, 0.15) is 17.2 Å². The molecule has 0 aromatic heterocycles. The summed E-state index contributed by atoms with van der Waals surface area (Å²) in [4.78, 5) is 24.7. The minimum Gasteiger partial charge on any atom is -0.454 e. The largest absolute Gasteiger partial charge is 0.454 e. The van der Waals surface area contributed by atoms with Crippen molar-refractivity contribution in [1.29, 1.82) is 0 Å². The molecule has 2 aromatic rings. The van der Waals surface area contributed by atoms with Gasteiger partial charge in [-0.25, -0.2) is 4.79 Å². The Hall–Kier alpha value is -2.98. The second-order valence-electron chi connectivity index (χ2n) is 6.80. The number of nitrogens with one attached hydrogen (secondary N) is 2. The van der Waals surface area contributed by atoms with Gasteiger partial charge < -0.3 is 25.2 Å². The molecule has 3 atom stereocenters. The highest BCUT2D eigenvalue weighted by Gasteiger charge is 2.59. The van der Waals surface area contributed by atoms with Gasteiger partial charge in [-0.05, 0) is 29.8 Å². The summed E-state index contributed by atoms with van der Waals surface area (Å²) >= 11 is 5.82. The summed E-state index contributed by atoms with van der Waals surface area (Å²) in [7, 11) is 0. The van der Waals surface area contributed by atoms with Crippen molar-refractivity contribution in [1.82, 2.24) is 10.6 Å². The number of halogens is 4. The molecule has 7 nitrogen and oxygen atoms in total. The maximum absolute atomic E-state index is 13.5. The second-order valence-corrected chi connectivity index (χ2v) is 7.24. The number of ketones is 1. The number of carbonyl (C=O) groups is 2. The van der Waals surface area contributed by atoms with E-state index in [0.29, 0.717) is 5.75 Å². The number of aliphatic hydroxyl groups is 1. The van der Waals surface area contributed by atoms with Gasteiger partial charge in [0.15, 0.2) is 17.2 Å². The number of amides is 2. The van der Waals surface area contributed by atoms with Gasteiger partial charge in [0.25, 0.3) is 0 Å². The molecule has 2 amide bonds. The summed E-state index contributed by atoms with van der Waals surface area (Å²) in [5.41, 5.74) is -2.65. The zero-order valence-corrected chi connectivity index (χ0v) is 15.8. The molecule has 2 heterocycles. The molecule has 4 rings (SSSR count). The Labute approximate surface area is 172 Å². The first-order valence-electron chi connectivity index (χ1n) is 8.67. The molecule has 30 heavy (non-hydrogen) atoms. The minimum atomic E-state index is -5.27. The SMILES string of the molecule is O=C1N[C@H](c2ccc3c(c2)OCO3)[C@@H](C(=O)C(F)(F)F)[C@](O)(c2ccc(Cl)cc2)N1. The Kier molecular flexibility index (Phi) is 4.78. The molecule has 11 heteroatoms. The Morgan fingerprint density at radius 2 is 1.80 bits per heavy atom. The smallest absolute Gasteiger partial charge is 0.450 e. The van der Waals surface area contributed by atoms with Crippen LogP contribution in [0.15, 0.2) is 42.5 Å². The van der Waals surface area contributed by atoms with Crippen molar-refractivity contribution >= 4 is 23.4 Å². The van der Waals surface area contributed by atoms with Gasteiger partial charge in [-0.3, -0.25) is 4.79 Å². The van der Waals surface area contributed by atoms with Gasteiger partial charge in [0, 0.05) is 10.6 Å². The van der Waals surface area contributed by atoms with Crippen LogP contribution in [0, 0.1) is 5.92 Å². The molecule has 1 fully saturated rings. The van der Waals surface area contributed by atoms with Gasteiger partial charge in [-0.2, -0.15) is 13.2 Å². The van der Waals surface area contributed by atoms with Crippen LogP contribution in [-0.2, 0) is 10.5 Å². The van der Waals surface area contributed by atoms with Crippen LogP contribution in [0.3, 0.4) is 0 Å². The third kappa shape index (κ3) is 3.41. The van der Waals surface area contributed by atoms with E-state index in [1.807, 2.05) is 0 Å². The number of hydrogen-bond donors (Lipinski definition) is 3. The van der Waals surface area contributed by atoms with Crippen molar-refractivity contribution in [3.8, 4) is 11.5 Å². The summed E-state index contributed by atoms with van der Waals surface area (Å²) in [6.07, 6.45) is -5.27. The number of alkyl halides is 3. The fourth-order valence-electron chi connectivity index (χ4n) is 3.61. The zero-order valence-electron chi connectivity index (χ0n) is 15.0. The van der Waals surface area contributed by atoms with Crippen LogP contribution in [-0.4, -0.2) is 29.9 Å². The number of rotatable bonds is 3. The van der Waals surface area contributed by atoms with Crippen molar-refractivity contribution in [3.05, 3.63) is 58.6 Å². The van der Waals surface area contributed by atoms with E-state index in [1.165, 1.54) is 42.5 Å². The predicted molar refractivity (Wildman–Crippen MR) is 96.9 cm³/mol. The fourth-order valence-corrected chi connectivity index (χ4v) is 3.73. The van der Waals surface area contributed by atoms with E-state index in [9.17, 15) is 27.9 Å². The van der Waals surface area contributed by atoms with E-state index in [4.69, 9.17) is 21.1 Å². The Morgan fingerprint density at radius 3 is 2.47 bits per heavy atom. The van der Waals surface area contributed by atoms with Gasteiger partial charge in [0.1, 0.15) is 5.92 Å². The first-order chi connectivity index (χ1) is 14.1. The number of ether oxygens (including phenoxy) is 2. The molecule has 0 unspecified atom stereocenters. The van der Waals surface area contributed by atoms with Crippen molar-refractivity contribution in [2.24, 2.45) is 5.92 Å². The predicted octanol–water partition coefficient (Wildman–Crippen LogP) is 3.02.